The van der Waals surface area contributed by atoms with Gasteiger partial charge in [-0.15, -0.1) is 0 Å². The number of hydrogen-bond donors (Lipinski definition) is 0. The molecule has 0 aliphatic carbocycles. The molecule has 0 bridgehead atoms. The number of carbonyl (C=O) groups excluding carboxylic acids is 1. The van der Waals surface area contributed by atoms with Gasteiger partial charge < -0.3 is 14.2 Å². The number of aromatic nitrogens is 1. The second-order valence-electron chi connectivity index (χ2n) is 6.70. The van der Waals surface area contributed by atoms with Crippen molar-refractivity contribution in [3.63, 3.8) is 0 Å². The van der Waals surface area contributed by atoms with Crippen LogP contribution >= 0.6 is 0 Å². The molecule has 28 heavy (non-hydrogen) atoms. The predicted molar refractivity (Wildman–Crippen MR) is 115 cm³/mol. The van der Waals surface area contributed by atoms with Gasteiger partial charge in [0.15, 0.2) is 0 Å². The third-order valence-corrected chi connectivity index (χ3v) is 5.15. The lowest BCUT2D eigenvalue weighted by atomic mass is 10.0. The fourth-order valence-electron chi connectivity index (χ4n) is 3.91. The standard InChI is InChI=1S/C22H24N2O2.C2H6/c1-2-26-22(25)23-14-13-21-19(16-23)18-10-6-7-11-20(18)24(21)15-12-17-8-4-3-5-9-17;1-2/h3-11H,2,12-16H2,1H3;1-2H3. The topological polar surface area (TPSA) is 34.5 Å². The molecule has 1 amide bonds. The summed E-state index contributed by atoms with van der Waals surface area (Å²) in [5.41, 5.74) is 5.25. The van der Waals surface area contributed by atoms with E-state index in [1.54, 1.807) is 0 Å². The van der Waals surface area contributed by atoms with E-state index in [-0.39, 0.29) is 6.09 Å². The highest BCUT2D eigenvalue weighted by molar-refractivity contribution is 5.86. The van der Waals surface area contributed by atoms with Crippen LogP contribution in [0.25, 0.3) is 10.9 Å². The van der Waals surface area contributed by atoms with Crippen LogP contribution in [0.5, 0.6) is 0 Å². The van der Waals surface area contributed by atoms with Gasteiger partial charge in [-0.1, -0.05) is 62.4 Å². The quantitative estimate of drug-likeness (QED) is 0.607. The Labute approximate surface area is 167 Å². The van der Waals surface area contributed by atoms with Crippen LogP contribution in [0, 0.1) is 0 Å². The number of amides is 1. The van der Waals surface area contributed by atoms with Crippen molar-refractivity contribution in [3.05, 3.63) is 71.4 Å². The minimum absolute atomic E-state index is 0.209. The van der Waals surface area contributed by atoms with Gasteiger partial charge in [-0.25, -0.2) is 4.79 Å². The van der Waals surface area contributed by atoms with Crippen LogP contribution in [0.3, 0.4) is 0 Å². The van der Waals surface area contributed by atoms with Crippen molar-refractivity contribution in [2.24, 2.45) is 0 Å². The molecular weight excluding hydrogens is 348 g/mol. The van der Waals surface area contributed by atoms with E-state index in [1.165, 1.54) is 27.7 Å². The highest BCUT2D eigenvalue weighted by Crippen LogP contribution is 2.31. The number of hydrogen-bond acceptors (Lipinski definition) is 2. The monoisotopic (exact) mass is 378 g/mol. The normalized spacial score (nSPS) is 12.9. The molecule has 3 aromatic rings. The first-order valence-corrected chi connectivity index (χ1v) is 10.3. The van der Waals surface area contributed by atoms with Crippen molar-refractivity contribution in [3.8, 4) is 0 Å². The minimum Gasteiger partial charge on any atom is -0.450 e. The third-order valence-electron chi connectivity index (χ3n) is 5.15. The van der Waals surface area contributed by atoms with Gasteiger partial charge in [0.25, 0.3) is 0 Å². The molecule has 1 aliphatic rings. The first-order chi connectivity index (χ1) is 13.8. The summed E-state index contributed by atoms with van der Waals surface area (Å²) in [6, 6.07) is 19.1. The maximum absolute atomic E-state index is 12.2. The zero-order valence-electron chi connectivity index (χ0n) is 17.1. The predicted octanol–water partition coefficient (Wildman–Crippen LogP) is 5.42. The second kappa shape index (κ2) is 9.45. The maximum atomic E-state index is 12.2. The number of fused-ring (bicyclic) bond motifs is 3. The van der Waals surface area contributed by atoms with Crippen LogP contribution < -0.4 is 0 Å². The van der Waals surface area contributed by atoms with Crippen LogP contribution in [0.4, 0.5) is 4.79 Å². The van der Waals surface area contributed by atoms with Gasteiger partial charge >= 0.3 is 6.09 Å². The molecule has 0 unspecified atom stereocenters. The summed E-state index contributed by atoms with van der Waals surface area (Å²) in [5, 5.41) is 1.25. The number of carbonyl (C=O) groups is 1. The molecule has 4 rings (SSSR count). The minimum atomic E-state index is -0.209. The number of aryl methyl sites for hydroxylation is 2. The van der Waals surface area contributed by atoms with Crippen molar-refractivity contribution in [1.29, 1.82) is 0 Å². The molecule has 0 fully saturated rings. The van der Waals surface area contributed by atoms with E-state index in [4.69, 9.17) is 4.74 Å². The van der Waals surface area contributed by atoms with Crippen molar-refractivity contribution in [1.82, 2.24) is 9.47 Å². The summed E-state index contributed by atoms with van der Waals surface area (Å²) in [4.78, 5) is 14.0. The molecule has 0 atom stereocenters. The molecule has 1 aromatic heterocycles. The molecular formula is C24H30N2O2. The summed E-state index contributed by atoms with van der Waals surface area (Å²) in [5.74, 6) is 0. The molecule has 148 valence electrons. The second-order valence-corrected chi connectivity index (χ2v) is 6.70. The zero-order chi connectivity index (χ0) is 19.9. The van der Waals surface area contributed by atoms with Crippen molar-refractivity contribution in [2.75, 3.05) is 13.2 Å². The maximum Gasteiger partial charge on any atom is 0.410 e. The van der Waals surface area contributed by atoms with Crippen molar-refractivity contribution < 1.29 is 9.53 Å². The van der Waals surface area contributed by atoms with E-state index in [0.717, 1.165) is 19.4 Å². The summed E-state index contributed by atoms with van der Waals surface area (Å²) in [7, 11) is 0. The van der Waals surface area contributed by atoms with Gasteiger partial charge in [0, 0.05) is 41.7 Å². The summed E-state index contributed by atoms with van der Waals surface area (Å²) in [6.45, 7) is 8.57. The number of ether oxygens (including phenoxy) is 1. The molecule has 2 aromatic carbocycles. The van der Waals surface area contributed by atoms with Gasteiger partial charge in [0.05, 0.1) is 13.2 Å². The average Bonchev–Trinajstić information content (AvgIpc) is 3.07. The Kier molecular flexibility index (Phi) is 6.75. The Hall–Kier alpha value is -2.75. The van der Waals surface area contributed by atoms with Gasteiger partial charge in [-0.3, -0.25) is 0 Å². The lowest BCUT2D eigenvalue weighted by Crippen LogP contribution is -2.36. The molecule has 1 aliphatic heterocycles. The fourth-order valence-corrected chi connectivity index (χ4v) is 3.91. The molecule has 0 spiro atoms. The molecule has 0 radical (unpaired) electrons. The molecule has 0 saturated carbocycles. The Bertz CT molecular complexity index is 915. The Morgan fingerprint density at radius 3 is 2.50 bits per heavy atom. The first-order valence-electron chi connectivity index (χ1n) is 10.3. The molecule has 4 heteroatoms. The average molecular weight is 379 g/mol. The lowest BCUT2D eigenvalue weighted by Gasteiger charge is -2.27. The molecule has 4 nitrogen and oxygen atoms in total. The fraction of sp³-hybridized carbons (Fsp3) is 0.375. The third kappa shape index (κ3) is 4.06. The van der Waals surface area contributed by atoms with Crippen molar-refractivity contribution >= 4 is 17.0 Å². The van der Waals surface area contributed by atoms with Gasteiger partial charge in [-0.2, -0.15) is 0 Å². The van der Waals surface area contributed by atoms with E-state index < -0.39 is 0 Å². The van der Waals surface area contributed by atoms with Gasteiger partial charge in [0.2, 0.25) is 0 Å². The summed E-state index contributed by atoms with van der Waals surface area (Å²) in [6.07, 6.45) is 1.67. The Morgan fingerprint density at radius 1 is 1.04 bits per heavy atom. The Morgan fingerprint density at radius 2 is 1.75 bits per heavy atom. The molecule has 2 heterocycles. The van der Waals surface area contributed by atoms with Gasteiger partial charge in [0.1, 0.15) is 0 Å². The largest absolute Gasteiger partial charge is 0.450 e. The van der Waals surface area contributed by atoms with E-state index in [1.807, 2.05) is 25.7 Å². The zero-order valence-corrected chi connectivity index (χ0v) is 17.1. The lowest BCUT2D eigenvalue weighted by molar-refractivity contribution is 0.102. The first kappa shape index (κ1) is 20.0. The molecule has 0 saturated heterocycles. The summed E-state index contributed by atoms with van der Waals surface area (Å²) < 4.78 is 7.65. The van der Waals surface area contributed by atoms with Crippen molar-refractivity contribution in [2.45, 2.75) is 46.7 Å². The Balaban J connectivity index is 0.00000109. The number of nitrogens with zero attached hydrogens (tertiary/aromatic N) is 2. The molecule has 0 N–H and O–H groups in total. The summed E-state index contributed by atoms with van der Waals surface area (Å²) >= 11 is 0. The smallest absolute Gasteiger partial charge is 0.410 e. The highest BCUT2D eigenvalue weighted by atomic mass is 16.6. The van der Waals surface area contributed by atoms with Crippen LogP contribution in [0.2, 0.25) is 0 Å². The highest BCUT2D eigenvalue weighted by Gasteiger charge is 2.26. The van der Waals surface area contributed by atoms with Crippen LogP contribution in [0.15, 0.2) is 54.6 Å². The van der Waals surface area contributed by atoms with Crippen LogP contribution in [-0.2, 0) is 30.7 Å². The van der Waals surface area contributed by atoms with E-state index in [0.29, 0.717) is 19.7 Å². The number of para-hydroxylation sites is 1. The SMILES string of the molecule is CC.CCOC(=O)N1CCc2c(c3ccccc3n2CCc2ccccc2)C1. The van der Waals surface area contributed by atoms with Gasteiger partial charge in [-0.05, 0) is 25.0 Å². The van der Waals surface area contributed by atoms with E-state index in [9.17, 15) is 4.79 Å². The number of benzene rings is 2. The van der Waals surface area contributed by atoms with Crippen LogP contribution in [0.1, 0.15) is 37.6 Å². The number of rotatable bonds is 4. The van der Waals surface area contributed by atoms with Crippen LogP contribution in [-0.4, -0.2) is 28.7 Å². The van der Waals surface area contributed by atoms with E-state index >= 15 is 0 Å². The van der Waals surface area contributed by atoms with E-state index in [2.05, 4.69) is 59.2 Å².